The van der Waals surface area contributed by atoms with Crippen molar-refractivity contribution in [3.63, 3.8) is 0 Å². The Morgan fingerprint density at radius 2 is 0.431 bits per heavy atom. The molecule has 0 bridgehead atoms. The molecule has 478 valence electrons. The van der Waals surface area contributed by atoms with Crippen molar-refractivity contribution in [2.45, 2.75) is 38.5 Å². The fourth-order valence-electron chi connectivity index (χ4n) is 17.5. The van der Waals surface area contributed by atoms with E-state index in [-0.39, 0.29) is 10.8 Å². The minimum absolute atomic E-state index is 0.124. The van der Waals surface area contributed by atoms with Crippen molar-refractivity contribution in [1.82, 2.24) is 0 Å². The molecule has 0 fully saturated rings. The predicted octanol–water partition coefficient (Wildman–Crippen LogP) is 28.4. The smallest absolute Gasteiger partial charge is 0.0159 e. The second-order valence-corrected chi connectivity index (χ2v) is 29.5. The van der Waals surface area contributed by atoms with Gasteiger partial charge >= 0.3 is 0 Å². The Hall–Kier alpha value is -12.5. The Balaban J connectivity index is 0.000000137. The van der Waals surface area contributed by atoms with Crippen LogP contribution in [-0.4, -0.2) is 0 Å². The topological polar surface area (TPSA) is 0 Å². The van der Waals surface area contributed by atoms with Gasteiger partial charge in [-0.25, -0.2) is 0 Å². The van der Waals surface area contributed by atoms with Crippen molar-refractivity contribution >= 4 is 97.0 Å². The third-order valence-corrected chi connectivity index (χ3v) is 22.9. The molecule has 0 saturated carbocycles. The highest BCUT2D eigenvalue weighted by Crippen LogP contribution is 2.57. The highest BCUT2D eigenvalue weighted by atomic mass is 14.4. The summed E-state index contributed by atoms with van der Waals surface area (Å²) in [6, 6.07) is 131. The minimum atomic E-state index is -0.128. The first-order valence-electron chi connectivity index (χ1n) is 35.9. The molecule has 0 unspecified atom stereocenters. The molecule has 0 saturated heterocycles. The van der Waals surface area contributed by atoms with Crippen molar-refractivity contribution in [2.24, 2.45) is 0 Å². The van der Waals surface area contributed by atoms with Gasteiger partial charge in [-0.3, -0.25) is 0 Å². The predicted molar refractivity (Wildman–Crippen MR) is 438 cm³/mol. The fraction of sp³-hybridized carbons (Fsp3) is 0.0588. The molecule has 102 heavy (non-hydrogen) atoms. The molecule has 19 aromatic rings. The number of hydrogen-bond acceptors (Lipinski definition) is 0. The monoisotopic (exact) mass is 1290 g/mol. The average Bonchev–Trinajstić information content (AvgIpc) is 1.55. The minimum Gasteiger partial charge on any atom is -0.0622 e. The third kappa shape index (κ3) is 9.65. The van der Waals surface area contributed by atoms with Crippen LogP contribution in [0.1, 0.15) is 49.9 Å². The molecular weight excluding hydrogens is 1230 g/mol. The first kappa shape index (κ1) is 59.6. The van der Waals surface area contributed by atoms with Crippen LogP contribution in [0, 0.1) is 0 Å². The summed E-state index contributed by atoms with van der Waals surface area (Å²) in [5, 5.41) is 23.0. The zero-order valence-corrected chi connectivity index (χ0v) is 57.5. The zero-order chi connectivity index (χ0) is 68.0. The second-order valence-electron chi connectivity index (χ2n) is 29.5. The van der Waals surface area contributed by atoms with E-state index in [1.807, 2.05) is 0 Å². The summed E-state index contributed by atoms with van der Waals surface area (Å²) in [6.45, 7) is 9.60. The maximum atomic E-state index is 2.50. The van der Waals surface area contributed by atoms with Crippen molar-refractivity contribution in [3.05, 3.63) is 374 Å². The van der Waals surface area contributed by atoms with Crippen LogP contribution in [0.5, 0.6) is 0 Å². The molecule has 0 N–H and O–H groups in total. The van der Waals surface area contributed by atoms with Gasteiger partial charge in [0.25, 0.3) is 0 Å². The largest absolute Gasteiger partial charge is 0.0622 e. The summed E-state index contributed by atoms with van der Waals surface area (Å²) < 4.78 is 0. The Kier molecular flexibility index (Phi) is 13.5. The molecular formula is C102H70. The Bertz CT molecular complexity index is 6740. The Morgan fingerprint density at radius 3 is 0.902 bits per heavy atom. The van der Waals surface area contributed by atoms with Crippen LogP contribution in [0.3, 0.4) is 0 Å². The van der Waals surface area contributed by atoms with Gasteiger partial charge in [-0.2, -0.15) is 0 Å². The van der Waals surface area contributed by atoms with Crippen LogP contribution < -0.4 is 0 Å². The highest BCUT2D eigenvalue weighted by molar-refractivity contribution is 6.14. The van der Waals surface area contributed by atoms with Gasteiger partial charge in [-0.1, -0.05) is 289 Å². The highest BCUT2D eigenvalue weighted by Gasteiger charge is 2.39. The second kappa shape index (κ2) is 23.0. The van der Waals surface area contributed by atoms with Crippen LogP contribution in [-0.2, 0) is 10.8 Å². The molecule has 21 rings (SSSR count). The van der Waals surface area contributed by atoms with Crippen LogP contribution in [0.15, 0.2) is 352 Å². The average molecular weight is 1300 g/mol. The molecule has 0 heterocycles. The van der Waals surface area contributed by atoms with E-state index in [2.05, 4.69) is 380 Å². The van der Waals surface area contributed by atoms with Gasteiger partial charge in [0.2, 0.25) is 0 Å². The number of fused-ring (bicyclic) bond motifs is 17. The third-order valence-electron chi connectivity index (χ3n) is 22.9. The first-order valence-corrected chi connectivity index (χ1v) is 35.9. The van der Waals surface area contributed by atoms with Gasteiger partial charge in [0.15, 0.2) is 0 Å². The van der Waals surface area contributed by atoms with Crippen LogP contribution in [0.25, 0.3) is 186 Å². The molecule has 0 radical (unpaired) electrons. The molecule has 0 nitrogen and oxygen atoms in total. The number of hydrogen-bond donors (Lipinski definition) is 0. The number of rotatable bonds is 6. The molecule has 0 aliphatic heterocycles. The summed E-state index contributed by atoms with van der Waals surface area (Å²) in [7, 11) is 0. The van der Waals surface area contributed by atoms with Crippen molar-refractivity contribution in [1.29, 1.82) is 0 Å². The maximum Gasteiger partial charge on any atom is 0.0159 e. The Morgan fingerprint density at radius 1 is 0.147 bits per heavy atom. The Labute approximate surface area is 594 Å². The molecule has 19 aromatic carbocycles. The molecule has 0 heteroatoms. The van der Waals surface area contributed by atoms with Crippen molar-refractivity contribution in [2.75, 3.05) is 0 Å². The van der Waals surface area contributed by atoms with Gasteiger partial charge in [-0.15, -0.1) is 0 Å². The zero-order valence-electron chi connectivity index (χ0n) is 57.5. The first-order chi connectivity index (χ1) is 50.0. The fourth-order valence-corrected chi connectivity index (χ4v) is 17.5. The van der Waals surface area contributed by atoms with E-state index < -0.39 is 0 Å². The molecule has 2 aliphatic carbocycles. The van der Waals surface area contributed by atoms with Gasteiger partial charge in [0.1, 0.15) is 0 Å². The molecule has 0 amide bonds. The van der Waals surface area contributed by atoms with Crippen molar-refractivity contribution < 1.29 is 0 Å². The lowest BCUT2D eigenvalue weighted by Gasteiger charge is -2.23. The summed E-state index contributed by atoms with van der Waals surface area (Å²) in [6.07, 6.45) is 0. The lowest BCUT2D eigenvalue weighted by Crippen LogP contribution is -2.15. The number of benzene rings is 19. The van der Waals surface area contributed by atoms with Gasteiger partial charge < -0.3 is 0 Å². The van der Waals surface area contributed by atoms with E-state index in [0.717, 1.165) is 0 Å². The quantitative estimate of drug-likeness (QED) is 0.156. The van der Waals surface area contributed by atoms with E-state index in [4.69, 9.17) is 0 Å². The summed E-state index contributed by atoms with van der Waals surface area (Å²) in [5.41, 5.74) is 25.9. The summed E-state index contributed by atoms with van der Waals surface area (Å²) in [5.74, 6) is 0. The van der Waals surface area contributed by atoms with E-state index in [1.165, 1.54) is 208 Å². The van der Waals surface area contributed by atoms with E-state index in [1.54, 1.807) is 0 Å². The lowest BCUT2D eigenvalue weighted by molar-refractivity contribution is 0.661. The maximum absolute atomic E-state index is 2.50. The van der Waals surface area contributed by atoms with E-state index in [0.29, 0.717) is 0 Å². The lowest BCUT2D eigenvalue weighted by atomic mass is 9.80. The normalized spacial score (nSPS) is 13.3. The van der Waals surface area contributed by atoms with Crippen molar-refractivity contribution in [3.8, 4) is 89.0 Å². The van der Waals surface area contributed by atoms with Crippen LogP contribution >= 0.6 is 0 Å². The van der Waals surface area contributed by atoms with Crippen LogP contribution in [0.4, 0.5) is 0 Å². The summed E-state index contributed by atoms with van der Waals surface area (Å²) in [4.78, 5) is 0. The molecule has 0 atom stereocenters. The standard InChI is InChI=1S/C53H36.C49H34/c1-53(2)50-31-36-14-6-5-13-35(36)29-49(50)52-46-18-10-9-17-45(46)48(32-51(52)53)43-28-41-15-7-8-16-44(41)47(30-43)42-24-23-39-26-38(21-22-40(39)27-42)37-20-19-33-11-3-4-12-34(33)25-37;1-49(2)46-29-39-21-18-34(31-10-4-3-5-11-31)27-41(39)28-45(46)48-43-15-9-8-14-42(43)44(30-47(48)49)40-23-22-37-25-36(19-20-38(37)26-40)35-17-16-32-12-6-7-13-33(32)24-35/h3-32H,1-2H3;3-30H,1-2H3. The van der Waals surface area contributed by atoms with E-state index in [9.17, 15) is 0 Å². The SMILES string of the molecule is CC1(C)c2cc3ccc(-c4ccccc4)cc3cc2-c2c1cc(-c1ccc3cc(-c4ccc5ccccc5c4)ccc3c1)c1ccccc21.CC1(C)c2cc3ccccc3cc2-c2c1cc(-c1cc(-c3ccc4cc(-c5ccc6ccccc6c5)ccc4c3)c3ccccc3c1)c1ccccc21. The van der Waals surface area contributed by atoms with Gasteiger partial charge in [-0.05, 0) is 299 Å². The van der Waals surface area contributed by atoms with Gasteiger partial charge in [0, 0.05) is 10.8 Å². The molecule has 0 aromatic heterocycles. The van der Waals surface area contributed by atoms with Gasteiger partial charge in [0.05, 0.1) is 0 Å². The summed E-state index contributed by atoms with van der Waals surface area (Å²) >= 11 is 0. The molecule has 0 spiro atoms. The van der Waals surface area contributed by atoms with E-state index >= 15 is 0 Å². The molecule has 2 aliphatic rings. The van der Waals surface area contributed by atoms with Crippen LogP contribution in [0.2, 0.25) is 0 Å².